The van der Waals surface area contributed by atoms with Crippen LogP contribution < -0.4 is 4.74 Å². The van der Waals surface area contributed by atoms with E-state index in [0.29, 0.717) is 35.8 Å². The van der Waals surface area contributed by atoms with E-state index in [9.17, 15) is 14.7 Å². The monoisotopic (exact) mass is 323 g/mol. The fourth-order valence-electron chi connectivity index (χ4n) is 2.01. The summed E-state index contributed by atoms with van der Waals surface area (Å²) in [5.41, 5.74) is 0.626. The molecule has 1 aromatic carbocycles. The van der Waals surface area contributed by atoms with Crippen molar-refractivity contribution in [2.24, 2.45) is 0 Å². The molecule has 7 heteroatoms. The number of ether oxygens (including phenoxy) is 2. The zero-order valence-corrected chi connectivity index (χ0v) is 13.2. The van der Waals surface area contributed by atoms with Crippen molar-refractivity contribution < 1.29 is 24.2 Å². The summed E-state index contributed by atoms with van der Waals surface area (Å²) >= 11 is 0.895. The molecular formula is C15H17NO5S. The first-order valence-electron chi connectivity index (χ1n) is 6.68. The molecule has 2 amide bonds. The van der Waals surface area contributed by atoms with E-state index >= 15 is 0 Å². The minimum atomic E-state index is -0.318. The van der Waals surface area contributed by atoms with Gasteiger partial charge in [0, 0.05) is 20.3 Å². The van der Waals surface area contributed by atoms with E-state index < -0.39 is 0 Å². The number of phenolic OH excluding ortho intramolecular Hbond substituents is 1. The number of carbonyl (C=O) groups is 2. The maximum absolute atomic E-state index is 12.2. The number of hydrogen-bond acceptors (Lipinski definition) is 6. The minimum Gasteiger partial charge on any atom is -0.504 e. The molecule has 118 valence electrons. The van der Waals surface area contributed by atoms with Gasteiger partial charge in [-0.1, -0.05) is 6.07 Å². The summed E-state index contributed by atoms with van der Waals surface area (Å²) in [6, 6.07) is 4.79. The van der Waals surface area contributed by atoms with E-state index in [-0.39, 0.29) is 16.9 Å². The number of nitrogens with zero attached hydrogens (tertiary/aromatic N) is 1. The first-order valence-corrected chi connectivity index (χ1v) is 7.49. The number of thioether (sulfide) groups is 1. The molecule has 1 aliphatic rings. The third-order valence-corrected chi connectivity index (χ3v) is 4.01. The highest BCUT2D eigenvalue weighted by Gasteiger charge is 2.34. The van der Waals surface area contributed by atoms with Crippen LogP contribution in [0.25, 0.3) is 6.08 Å². The van der Waals surface area contributed by atoms with Crippen molar-refractivity contribution in [1.82, 2.24) is 4.90 Å². The molecule has 22 heavy (non-hydrogen) atoms. The maximum Gasteiger partial charge on any atom is 0.293 e. The van der Waals surface area contributed by atoms with Gasteiger partial charge in [-0.25, -0.2) is 0 Å². The third-order valence-electron chi connectivity index (χ3n) is 3.10. The first-order chi connectivity index (χ1) is 10.6. The van der Waals surface area contributed by atoms with E-state index in [1.54, 1.807) is 25.3 Å². The molecule has 1 aromatic rings. The van der Waals surface area contributed by atoms with Gasteiger partial charge >= 0.3 is 0 Å². The molecule has 1 heterocycles. The molecule has 1 fully saturated rings. The molecule has 1 aliphatic heterocycles. The molecule has 0 saturated carbocycles. The van der Waals surface area contributed by atoms with Gasteiger partial charge in [-0.2, -0.15) is 0 Å². The van der Waals surface area contributed by atoms with Crippen LogP contribution in [-0.2, 0) is 9.53 Å². The Morgan fingerprint density at radius 3 is 2.73 bits per heavy atom. The Hall–Kier alpha value is -1.99. The van der Waals surface area contributed by atoms with Crippen molar-refractivity contribution in [3.63, 3.8) is 0 Å². The molecule has 0 bridgehead atoms. The second-order valence-electron chi connectivity index (χ2n) is 4.61. The standard InChI is InChI=1S/C15H17NO5S/c1-20-7-3-6-16-14(18)13(22-15(16)19)9-10-4-5-12(21-2)11(17)8-10/h4-5,8-9,17H,3,6-7H2,1-2H3/b13-9-. The van der Waals surface area contributed by atoms with Gasteiger partial charge in [-0.15, -0.1) is 0 Å². The lowest BCUT2D eigenvalue weighted by Crippen LogP contribution is -2.29. The largest absolute Gasteiger partial charge is 0.504 e. The number of rotatable bonds is 6. The van der Waals surface area contributed by atoms with E-state index in [2.05, 4.69) is 0 Å². The molecule has 2 rings (SSSR count). The third kappa shape index (κ3) is 3.61. The quantitative estimate of drug-likeness (QED) is 0.640. The molecule has 0 radical (unpaired) electrons. The number of phenols is 1. The Morgan fingerprint density at radius 2 is 2.09 bits per heavy atom. The van der Waals surface area contributed by atoms with Crippen molar-refractivity contribution in [2.75, 3.05) is 27.4 Å². The molecule has 0 aliphatic carbocycles. The number of amides is 2. The van der Waals surface area contributed by atoms with E-state index in [1.807, 2.05) is 0 Å². The Kier molecular flexibility index (Phi) is 5.46. The van der Waals surface area contributed by atoms with Gasteiger partial charge in [0.05, 0.1) is 12.0 Å². The van der Waals surface area contributed by atoms with Crippen molar-refractivity contribution in [2.45, 2.75) is 6.42 Å². The van der Waals surface area contributed by atoms with E-state index in [1.165, 1.54) is 18.1 Å². The predicted octanol–water partition coefficient (Wildman–Crippen LogP) is 2.47. The summed E-state index contributed by atoms with van der Waals surface area (Å²) in [5.74, 6) is 0.0156. The highest BCUT2D eigenvalue weighted by atomic mass is 32.2. The van der Waals surface area contributed by atoms with Crippen molar-refractivity contribution in [1.29, 1.82) is 0 Å². The number of benzene rings is 1. The lowest BCUT2D eigenvalue weighted by Gasteiger charge is -2.11. The summed E-state index contributed by atoms with van der Waals surface area (Å²) < 4.78 is 9.88. The second kappa shape index (κ2) is 7.33. The molecule has 6 nitrogen and oxygen atoms in total. The zero-order valence-electron chi connectivity index (χ0n) is 12.4. The van der Waals surface area contributed by atoms with Crippen LogP contribution in [0.2, 0.25) is 0 Å². The number of imide groups is 1. The minimum absolute atomic E-state index is 0.0180. The predicted molar refractivity (Wildman–Crippen MR) is 83.8 cm³/mol. The van der Waals surface area contributed by atoms with Gasteiger partial charge in [-0.05, 0) is 42.0 Å². The SMILES string of the molecule is COCCCN1C(=O)S/C(=C\c2ccc(OC)c(O)c2)C1=O. The number of hydrogen-bond donors (Lipinski definition) is 1. The Labute approximate surface area is 132 Å². The number of aromatic hydroxyl groups is 1. The highest BCUT2D eigenvalue weighted by molar-refractivity contribution is 8.18. The van der Waals surface area contributed by atoms with Gasteiger partial charge in [0.1, 0.15) is 0 Å². The van der Waals surface area contributed by atoms with Gasteiger partial charge in [-0.3, -0.25) is 14.5 Å². The van der Waals surface area contributed by atoms with E-state index in [0.717, 1.165) is 11.8 Å². The molecule has 1 N–H and O–H groups in total. The van der Waals surface area contributed by atoms with Crippen molar-refractivity contribution in [3.8, 4) is 11.5 Å². The van der Waals surface area contributed by atoms with Crippen LogP contribution in [0.15, 0.2) is 23.1 Å². The molecule has 0 unspecified atom stereocenters. The Balaban J connectivity index is 2.14. The summed E-state index contributed by atoms with van der Waals surface area (Å²) in [7, 11) is 3.03. The zero-order chi connectivity index (χ0) is 16.1. The van der Waals surface area contributed by atoms with Crippen LogP contribution in [0.4, 0.5) is 4.79 Å². The van der Waals surface area contributed by atoms with Crippen LogP contribution in [0.1, 0.15) is 12.0 Å². The highest BCUT2D eigenvalue weighted by Crippen LogP contribution is 2.34. The molecule has 0 spiro atoms. The molecule has 1 saturated heterocycles. The lowest BCUT2D eigenvalue weighted by molar-refractivity contribution is -0.122. The average molecular weight is 323 g/mol. The van der Waals surface area contributed by atoms with E-state index in [4.69, 9.17) is 9.47 Å². The summed E-state index contributed by atoms with van der Waals surface area (Å²) in [6.07, 6.45) is 2.19. The summed E-state index contributed by atoms with van der Waals surface area (Å²) in [4.78, 5) is 25.6. The molecule has 0 atom stereocenters. The van der Waals surface area contributed by atoms with Gasteiger partial charge in [0.2, 0.25) is 0 Å². The summed E-state index contributed by atoms with van der Waals surface area (Å²) in [6.45, 7) is 0.830. The fraction of sp³-hybridized carbons (Fsp3) is 0.333. The van der Waals surface area contributed by atoms with Crippen LogP contribution in [0.5, 0.6) is 11.5 Å². The van der Waals surface area contributed by atoms with Crippen LogP contribution >= 0.6 is 11.8 Å². The van der Waals surface area contributed by atoms with Crippen LogP contribution in [0, 0.1) is 0 Å². The smallest absolute Gasteiger partial charge is 0.293 e. The fourth-order valence-corrected chi connectivity index (χ4v) is 2.87. The molecular weight excluding hydrogens is 306 g/mol. The lowest BCUT2D eigenvalue weighted by atomic mass is 10.2. The maximum atomic E-state index is 12.2. The first kappa shape index (κ1) is 16.4. The van der Waals surface area contributed by atoms with Gasteiger partial charge < -0.3 is 14.6 Å². The Bertz CT molecular complexity index is 614. The van der Waals surface area contributed by atoms with Crippen molar-refractivity contribution in [3.05, 3.63) is 28.7 Å². The summed E-state index contributed by atoms with van der Waals surface area (Å²) in [5, 5.41) is 9.45. The normalized spacial score (nSPS) is 16.6. The van der Waals surface area contributed by atoms with Crippen LogP contribution in [0.3, 0.4) is 0 Å². The Morgan fingerprint density at radius 1 is 1.32 bits per heavy atom. The topological polar surface area (TPSA) is 76.1 Å². The number of methoxy groups -OCH3 is 2. The molecule has 0 aromatic heterocycles. The number of carbonyl (C=O) groups excluding carboxylic acids is 2. The van der Waals surface area contributed by atoms with Gasteiger partial charge in [0.15, 0.2) is 11.5 Å². The van der Waals surface area contributed by atoms with Gasteiger partial charge in [0.25, 0.3) is 11.1 Å². The van der Waals surface area contributed by atoms with Crippen molar-refractivity contribution >= 4 is 29.0 Å². The second-order valence-corrected chi connectivity index (χ2v) is 5.60. The average Bonchev–Trinajstić information content (AvgIpc) is 2.75. The van der Waals surface area contributed by atoms with Crippen LogP contribution in [-0.4, -0.2) is 48.5 Å².